The predicted molar refractivity (Wildman–Crippen MR) is 70.1 cm³/mol. The Balaban J connectivity index is 2.04. The highest BCUT2D eigenvalue weighted by Gasteiger charge is 2.19. The summed E-state index contributed by atoms with van der Waals surface area (Å²) in [5, 5.41) is 9.22. The standard InChI is InChI=1S/C11H16N4O3S/c1-2-5-12-8-10-3-4-11(18-10)19(16,17)15-9-6-13-14-7-9/h3-4,6-7,12,15H,2,5,8H2,1H3,(H,13,14). The Hall–Kier alpha value is -1.80. The van der Waals surface area contributed by atoms with Crippen LogP contribution >= 0.6 is 0 Å². The molecular weight excluding hydrogens is 268 g/mol. The van der Waals surface area contributed by atoms with E-state index in [1.807, 2.05) is 0 Å². The van der Waals surface area contributed by atoms with Crippen molar-refractivity contribution in [1.29, 1.82) is 0 Å². The molecule has 0 radical (unpaired) electrons. The van der Waals surface area contributed by atoms with Crippen LogP contribution in [0.4, 0.5) is 5.69 Å². The van der Waals surface area contributed by atoms with Gasteiger partial charge in [-0.25, -0.2) is 0 Å². The Morgan fingerprint density at radius 1 is 1.42 bits per heavy atom. The molecule has 0 aliphatic rings. The molecule has 2 aromatic rings. The van der Waals surface area contributed by atoms with Crippen molar-refractivity contribution in [3.05, 3.63) is 30.3 Å². The molecule has 0 spiro atoms. The molecule has 0 fully saturated rings. The zero-order valence-corrected chi connectivity index (χ0v) is 11.3. The van der Waals surface area contributed by atoms with Gasteiger partial charge in [-0.3, -0.25) is 9.82 Å². The second-order valence-electron chi connectivity index (χ2n) is 3.99. The Kier molecular flexibility index (Phi) is 4.23. The highest BCUT2D eigenvalue weighted by molar-refractivity contribution is 7.92. The van der Waals surface area contributed by atoms with Crippen LogP contribution in [0.25, 0.3) is 0 Å². The molecule has 3 N–H and O–H groups in total. The largest absolute Gasteiger partial charge is 0.446 e. The van der Waals surface area contributed by atoms with E-state index in [1.54, 1.807) is 6.07 Å². The summed E-state index contributed by atoms with van der Waals surface area (Å²) in [5.41, 5.74) is 0.363. The van der Waals surface area contributed by atoms with Gasteiger partial charge in [-0.05, 0) is 25.1 Å². The van der Waals surface area contributed by atoms with Crippen LogP contribution < -0.4 is 10.0 Å². The van der Waals surface area contributed by atoms with Crippen LogP contribution in [-0.2, 0) is 16.6 Å². The second-order valence-corrected chi connectivity index (χ2v) is 5.60. The van der Waals surface area contributed by atoms with Crippen molar-refractivity contribution in [2.45, 2.75) is 25.0 Å². The number of aromatic nitrogens is 2. The smallest absolute Gasteiger partial charge is 0.295 e. The normalized spacial score (nSPS) is 11.6. The van der Waals surface area contributed by atoms with E-state index in [-0.39, 0.29) is 5.09 Å². The van der Waals surface area contributed by atoms with E-state index in [0.29, 0.717) is 18.0 Å². The van der Waals surface area contributed by atoms with E-state index < -0.39 is 10.0 Å². The Bertz CT molecular complexity index is 604. The number of hydrogen-bond acceptors (Lipinski definition) is 5. The van der Waals surface area contributed by atoms with Crippen LogP contribution in [0.1, 0.15) is 19.1 Å². The number of nitrogens with one attached hydrogen (secondary N) is 3. The van der Waals surface area contributed by atoms with Crippen molar-refractivity contribution in [2.24, 2.45) is 0 Å². The zero-order valence-electron chi connectivity index (χ0n) is 10.5. The molecule has 8 heteroatoms. The Morgan fingerprint density at radius 2 is 2.26 bits per heavy atom. The first-order valence-corrected chi connectivity index (χ1v) is 7.41. The molecular formula is C11H16N4O3S. The molecule has 19 heavy (non-hydrogen) atoms. The van der Waals surface area contributed by atoms with Gasteiger partial charge < -0.3 is 9.73 Å². The van der Waals surface area contributed by atoms with Crippen molar-refractivity contribution in [1.82, 2.24) is 15.5 Å². The molecule has 7 nitrogen and oxygen atoms in total. The van der Waals surface area contributed by atoms with Gasteiger partial charge in [0.2, 0.25) is 5.09 Å². The van der Waals surface area contributed by atoms with Crippen molar-refractivity contribution < 1.29 is 12.8 Å². The SMILES string of the molecule is CCCNCc1ccc(S(=O)(=O)Nc2cn[nH]c2)o1. The van der Waals surface area contributed by atoms with E-state index >= 15 is 0 Å². The maximum Gasteiger partial charge on any atom is 0.295 e. The lowest BCUT2D eigenvalue weighted by Crippen LogP contribution is -2.13. The van der Waals surface area contributed by atoms with Crippen LogP contribution in [0.2, 0.25) is 0 Å². The van der Waals surface area contributed by atoms with E-state index in [9.17, 15) is 8.42 Å². The summed E-state index contributed by atoms with van der Waals surface area (Å²) in [7, 11) is -3.70. The van der Waals surface area contributed by atoms with Crippen LogP contribution in [0, 0.1) is 0 Å². The molecule has 0 saturated heterocycles. The summed E-state index contributed by atoms with van der Waals surface area (Å²) in [5.74, 6) is 0.584. The third-order valence-corrected chi connectivity index (χ3v) is 3.63. The van der Waals surface area contributed by atoms with Gasteiger partial charge in [0.1, 0.15) is 5.76 Å². The molecule has 0 amide bonds. The summed E-state index contributed by atoms with van der Waals surface area (Å²) in [6.07, 6.45) is 3.84. The number of sulfonamides is 1. The number of rotatable bonds is 7. The molecule has 0 saturated carbocycles. The van der Waals surface area contributed by atoms with Crippen molar-refractivity contribution in [3.8, 4) is 0 Å². The van der Waals surface area contributed by atoms with Gasteiger partial charge in [0.25, 0.3) is 10.0 Å². The molecule has 2 aromatic heterocycles. The molecule has 0 bridgehead atoms. The van der Waals surface area contributed by atoms with Crippen molar-refractivity contribution >= 4 is 15.7 Å². The fourth-order valence-electron chi connectivity index (χ4n) is 1.50. The van der Waals surface area contributed by atoms with Crippen molar-refractivity contribution in [3.63, 3.8) is 0 Å². The maximum atomic E-state index is 12.0. The van der Waals surface area contributed by atoms with Gasteiger partial charge >= 0.3 is 0 Å². The topological polar surface area (TPSA) is 100 Å². The molecule has 104 valence electrons. The first-order valence-electron chi connectivity index (χ1n) is 5.93. The average Bonchev–Trinajstić information content (AvgIpc) is 3.00. The zero-order chi connectivity index (χ0) is 13.7. The first kappa shape index (κ1) is 13.6. The molecule has 0 unspecified atom stereocenters. The molecule has 2 heterocycles. The van der Waals surface area contributed by atoms with Gasteiger partial charge in [-0.15, -0.1) is 0 Å². The summed E-state index contributed by atoms with van der Waals surface area (Å²) >= 11 is 0. The number of furan rings is 1. The van der Waals surface area contributed by atoms with E-state index in [0.717, 1.165) is 13.0 Å². The summed E-state index contributed by atoms with van der Waals surface area (Å²) in [6, 6.07) is 3.08. The lowest BCUT2D eigenvalue weighted by atomic mass is 10.4. The quantitative estimate of drug-likeness (QED) is 0.665. The number of hydrogen-bond donors (Lipinski definition) is 3. The maximum absolute atomic E-state index is 12.0. The minimum atomic E-state index is -3.70. The Labute approximate surface area is 111 Å². The highest BCUT2D eigenvalue weighted by Crippen LogP contribution is 2.17. The fraction of sp³-hybridized carbons (Fsp3) is 0.364. The number of nitrogens with zero attached hydrogens (tertiary/aromatic N) is 1. The van der Waals surface area contributed by atoms with Crippen molar-refractivity contribution in [2.75, 3.05) is 11.3 Å². The third kappa shape index (κ3) is 3.58. The highest BCUT2D eigenvalue weighted by atomic mass is 32.2. The van der Waals surface area contributed by atoms with E-state index in [1.165, 1.54) is 18.5 Å². The average molecular weight is 284 g/mol. The minimum absolute atomic E-state index is 0.109. The minimum Gasteiger partial charge on any atom is -0.446 e. The molecule has 0 aliphatic carbocycles. The predicted octanol–water partition coefficient (Wildman–Crippen LogP) is 1.30. The lowest BCUT2D eigenvalue weighted by Gasteiger charge is -2.02. The molecule has 0 aromatic carbocycles. The fourth-order valence-corrected chi connectivity index (χ4v) is 2.48. The monoisotopic (exact) mass is 284 g/mol. The molecule has 0 atom stereocenters. The van der Waals surface area contributed by atoms with Gasteiger partial charge in [0.05, 0.1) is 18.4 Å². The number of aromatic amines is 1. The summed E-state index contributed by atoms with van der Waals surface area (Å²) in [6.45, 7) is 3.42. The van der Waals surface area contributed by atoms with Crippen LogP contribution in [0.5, 0.6) is 0 Å². The van der Waals surface area contributed by atoms with Crippen LogP contribution in [-0.4, -0.2) is 25.2 Å². The first-order chi connectivity index (χ1) is 9.12. The number of H-pyrrole nitrogens is 1. The summed E-state index contributed by atoms with van der Waals surface area (Å²) < 4.78 is 31.6. The molecule has 2 rings (SSSR count). The van der Waals surface area contributed by atoms with E-state index in [4.69, 9.17) is 4.42 Å². The van der Waals surface area contributed by atoms with Gasteiger partial charge in [-0.1, -0.05) is 6.92 Å². The third-order valence-electron chi connectivity index (χ3n) is 2.38. The van der Waals surface area contributed by atoms with Gasteiger partial charge in [0.15, 0.2) is 0 Å². The van der Waals surface area contributed by atoms with Crippen LogP contribution in [0.3, 0.4) is 0 Å². The lowest BCUT2D eigenvalue weighted by molar-refractivity contribution is 0.403. The molecule has 0 aliphatic heterocycles. The van der Waals surface area contributed by atoms with Gasteiger partial charge in [0, 0.05) is 6.20 Å². The summed E-state index contributed by atoms with van der Waals surface area (Å²) in [4.78, 5) is 0. The van der Waals surface area contributed by atoms with Gasteiger partial charge in [-0.2, -0.15) is 13.5 Å². The second kappa shape index (κ2) is 5.89. The van der Waals surface area contributed by atoms with Crippen LogP contribution in [0.15, 0.2) is 34.0 Å². The van der Waals surface area contributed by atoms with E-state index in [2.05, 4.69) is 27.2 Å². The Morgan fingerprint density at radius 3 is 2.95 bits per heavy atom. The number of anilines is 1.